The fourth-order valence-electron chi connectivity index (χ4n) is 1.54. The molecule has 0 radical (unpaired) electrons. The summed E-state index contributed by atoms with van der Waals surface area (Å²) in [5.74, 6) is -0.445. The number of para-hydroxylation sites is 1. The number of nitrogens with one attached hydrogen (secondary N) is 1. The lowest BCUT2D eigenvalue weighted by Crippen LogP contribution is -2.34. The van der Waals surface area contributed by atoms with Gasteiger partial charge in [0.15, 0.2) is 0 Å². The van der Waals surface area contributed by atoms with Crippen molar-refractivity contribution in [1.82, 2.24) is 5.32 Å². The van der Waals surface area contributed by atoms with Crippen LogP contribution in [0.4, 0.5) is 5.69 Å². The van der Waals surface area contributed by atoms with Crippen LogP contribution in [0.5, 0.6) is 0 Å². The lowest BCUT2D eigenvalue weighted by atomic mass is 10.1. The van der Waals surface area contributed by atoms with Crippen molar-refractivity contribution in [1.29, 1.82) is 0 Å². The highest BCUT2D eigenvalue weighted by molar-refractivity contribution is 6.33. The Morgan fingerprint density at radius 1 is 1.53 bits per heavy atom. The number of amides is 1. The molecule has 1 saturated carbocycles. The fourth-order valence-corrected chi connectivity index (χ4v) is 1.78. The molecule has 90 valence electrons. The molecule has 0 heterocycles. The Bertz CT molecular complexity index is 497. The standard InChI is InChI=1S/C11H11ClN2O3/c1-11(5-6-11)13-10(15)7-3-2-4-8(12)9(7)14(16)17/h2-4H,5-6H2,1H3,(H,13,15). The van der Waals surface area contributed by atoms with Crippen molar-refractivity contribution >= 4 is 23.2 Å². The number of hydrogen-bond donors (Lipinski definition) is 1. The van der Waals surface area contributed by atoms with E-state index in [1.165, 1.54) is 18.2 Å². The molecule has 1 amide bonds. The predicted molar refractivity (Wildman–Crippen MR) is 63.2 cm³/mol. The molecule has 0 atom stereocenters. The van der Waals surface area contributed by atoms with Crippen molar-refractivity contribution in [3.63, 3.8) is 0 Å². The molecule has 0 bridgehead atoms. The second-order valence-corrected chi connectivity index (χ2v) is 4.82. The van der Waals surface area contributed by atoms with E-state index in [1.807, 2.05) is 6.92 Å². The maximum atomic E-state index is 11.9. The molecule has 1 fully saturated rings. The van der Waals surface area contributed by atoms with Crippen molar-refractivity contribution in [2.75, 3.05) is 0 Å². The Hall–Kier alpha value is -1.62. The first-order chi connectivity index (χ1) is 7.93. The normalized spacial score (nSPS) is 16.4. The molecule has 1 aromatic carbocycles. The van der Waals surface area contributed by atoms with Crippen LogP contribution in [0, 0.1) is 10.1 Å². The highest BCUT2D eigenvalue weighted by Gasteiger charge is 2.40. The maximum absolute atomic E-state index is 11.9. The second-order valence-electron chi connectivity index (χ2n) is 4.41. The van der Waals surface area contributed by atoms with Crippen LogP contribution >= 0.6 is 11.6 Å². The average Bonchev–Trinajstić information content (AvgIpc) is 2.95. The summed E-state index contributed by atoms with van der Waals surface area (Å²) in [6.45, 7) is 1.90. The van der Waals surface area contributed by atoms with Crippen LogP contribution in [0.1, 0.15) is 30.1 Å². The summed E-state index contributed by atoms with van der Waals surface area (Å²) in [5, 5.41) is 13.6. The molecule has 1 aromatic rings. The van der Waals surface area contributed by atoms with Gasteiger partial charge in [0.05, 0.1) is 4.92 Å². The first-order valence-corrected chi connectivity index (χ1v) is 5.56. The van der Waals surface area contributed by atoms with Gasteiger partial charge < -0.3 is 5.32 Å². The molecule has 0 unspecified atom stereocenters. The van der Waals surface area contributed by atoms with Gasteiger partial charge in [-0.05, 0) is 31.9 Å². The van der Waals surface area contributed by atoms with Crippen LogP contribution in [-0.4, -0.2) is 16.4 Å². The van der Waals surface area contributed by atoms with Gasteiger partial charge in [-0.2, -0.15) is 0 Å². The number of nitro groups is 1. The van der Waals surface area contributed by atoms with E-state index in [4.69, 9.17) is 11.6 Å². The summed E-state index contributed by atoms with van der Waals surface area (Å²) in [7, 11) is 0. The largest absolute Gasteiger partial charge is 0.347 e. The zero-order valence-electron chi connectivity index (χ0n) is 9.20. The van der Waals surface area contributed by atoms with Crippen molar-refractivity contribution in [3.05, 3.63) is 38.9 Å². The highest BCUT2D eigenvalue weighted by Crippen LogP contribution is 2.35. The topological polar surface area (TPSA) is 72.2 Å². The molecule has 1 N–H and O–H groups in total. The maximum Gasteiger partial charge on any atom is 0.300 e. The van der Waals surface area contributed by atoms with Gasteiger partial charge in [0, 0.05) is 5.54 Å². The monoisotopic (exact) mass is 254 g/mol. The number of nitrogens with zero attached hydrogens (tertiary/aromatic N) is 1. The summed E-state index contributed by atoms with van der Waals surface area (Å²) in [5.41, 5.74) is -0.542. The minimum atomic E-state index is -0.632. The minimum Gasteiger partial charge on any atom is -0.347 e. The quantitative estimate of drug-likeness (QED) is 0.665. The highest BCUT2D eigenvalue weighted by atomic mass is 35.5. The lowest BCUT2D eigenvalue weighted by molar-refractivity contribution is -0.385. The van der Waals surface area contributed by atoms with Crippen LogP contribution in [0.25, 0.3) is 0 Å². The minimum absolute atomic E-state index is 0.00984. The van der Waals surface area contributed by atoms with Crippen LogP contribution in [0.15, 0.2) is 18.2 Å². The van der Waals surface area contributed by atoms with Crippen molar-refractivity contribution < 1.29 is 9.72 Å². The first-order valence-electron chi connectivity index (χ1n) is 5.18. The smallest absolute Gasteiger partial charge is 0.300 e. The van der Waals surface area contributed by atoms with Crippen LogP contribution in [-0.2, 0) is 0 Å². The molecule has 5 nitrogen and oxygen atoms in total. The summed E-state index contributed by atoms with van der Waals surface area (Å²) in [6.07, 6.45) is 1.79. The van der Waals surface area contributed by atoms with E-state index in [0.29, 0.717) is 0 Å². The summed E-state index contributed by atoms with van der Waals surface area (Å²) < 4.78 is 0. The molecule has 1 aliphatic carbocycles. The number of carbonyl (C=O) groups is 1. The Morgan fingerprint density at radius 3 is 2.71 bits per heavy atom. The molecule has 6 heteroatoms. The summed E-state index contributed by atoms with van der Waals surface area (Å²) in [6, 6.07) is 4.33. The molecule has 0 aromatic heterocycles. The molecular weight excluding hydrogens is 244 g/mol. The van der Waals surface area contributed by atoms with Crippen molar-refractivity contribution in [3.8, 4) is 0 Å². The third kappa shape index (κ3) is 2.39. The Balaban J connectivity index is 2.34. The van der Waals surface area contributed by atoms with E-state index < -0.39 is 10.8 Å². The Labute approximate surface area is 103 Å². The SMILES string of the molecule is CC1(NC(=O)c2cccc(Cl)c2[N+](=O)[O-])CC1. The van der Waals surface area contributed by atoms with Gasteiger partial charge in [-0.1, -0.05) is 17.7 Å². The lowest BCUT2D eigenvalue weighted by Gasteiger charge is -2.11. The second kappa shape index (κ2) is 4.00. The number of halogens is 1. The molecule has 0 spiro atoms. The van der Waals surface area contributed by atoms with Gasteiger partial charge in [0.25, 0.3) is 5.91 Å². The number of nitro benzene ring substituents is 1. The van der Waals surface area contributed by atoms with Gasteiger partial charge in [0.1, 0.15) is 10.6 Å². The van der Waals surface area contributed by atoms with Gasteiger partial charge in [-0.3, -0.25) is 14.9 Å². The fraction of sp³-hybridized carbons (Fsp3) is 0.364. The van der Waals surface area contributed by atoms with E-state index in [2.05, 4.69) is 5.32 Å². The predicted octanol–water partition coefficient (Wildman–Crippen LogP) is 2.53. The van der Waals surface area contributed by atoms with Gasteiger partial charge in [-0.15, -0.1) is 0 Å². The number of benzene rings is 1. The molecular formula is C11H11ClN2O3. The van der Waals surface area contributed by atoms with Crippen LogP contribution in [0.2, 0.25) is 5.02 Å². The number of hydrogen-bond acceptors (Lipinski definition) is 3. The molecule has 1 aliphatic rings. The van der Waals surface area contributed by atoms with E-state index in [1.54, 1.807) is 0 Å². The van der Waals surface area contributed by atoms with Crippen LogP contribution in [0.3, 0.4) is 0 Å². The van der Waals surface area contributed by atoms with Gasteiger partial charge >= 0.3 is 5.69 Å². The van der Waals surface area contributed by atoms with Gasteiger partial charge in [0.2, 0.25) is 0 Å². The van der Waals surface area contributed by atoms with E-state index >= 15 is 0 Å². The number of carbonyl (C=O) groups excluding carboxylic acids is 1. The van der Waals surface area contributed by atoms with Gasteiger partial charge in [-0.25, -0.2) is 0 Å². The van der Waals surface area contributed by atoms with E-state index in [9.17, 15) is 14.9 Å². The summed E-state index contributed by atoms with van der Waals surface area (Å²) >= 11 is 5.73. The summed E-state index contributed by atoms with van der Waals surface area (Å²) in [4.78, 5) is 22.1. The third-order valence-electron chi connectivity index (χ3n) is 2.83. The molecule has 0 saturated heterocycles. The third-order valence-corrected chi connectivity index (χ3v) is 3.13. The Kier molecular flexibility index (Phi) is 2.79. The first kappa shape index (κ1) is 11.9. The average molecular weight is 255 g/mol. The van der Waals surface area contributed by atoms with E-state index in [-0.39, 0.29) is 21.8 Å². The number of rotatable bonds is 3. The zero-order chi connectivity index (χ0) is 12.6. The van der Waals surface area contributed by atoms with Crippen molar-refractivity contribution in [2.45, 2.75) is 25.3 Å². The van der Waals surface area contributed by atoms with Crippen molar-refractivity contribution in [2.24, 2.45) is 0 Å². The molecule has 0 aliphatic heterocycles. The molecule has 17 heavy (non-hydrogen) atoms. The van der Waals surface area contributed by atoms with E-state index in [0.717, 1.165) is 12.8 Å². The zero-order valence-corrected chi connectivity index (χ0v) is 9.95. The molecule has 2 rings (SSSR count). The van der Waals surface area contributed by atoms with Crippen LogP contribution < -0.4 is 5.32 Å². The Morgan fingerprint density at radius 2 is 2.18 bits per heavy atom.